The van der Waals surface area contributed by atoms with Crippen molar-refractivity contribution in [3.8, 4) is 5.75 Å². The minimum Gasteiger partial charge on any atom is -0.496 e. The molecule has 0 radical (unpaired) electrons. The number of rotatable bonds is 4. The molecule has 0 spiro atoms. The van der Waals surface area contributed by atoms with Crippen molar-refractivity contribution in [1.29, 1.82) is 0 Å². The lowest BCUT2D eigenvalue weighted by molar-refractivity contribution is 0.252. The zero-order valence-electron chi connectivity index (χ0n) is 13.2. The van der Waals surface area contributed by atoms with E-state index in [4.69, 9.17) is 4.74 Å². The largest absolute Gasteiger partial charge is 0.496 e. The van der Waals surface area contributed by atoms with Gasteiger partial charge < -0.3 is 10.1 Å². The molecule has 0 aliphatic carbocycles. The van der Waals surface area contributed by atoms with Crippen molar-refractivity contribution >= 4 is 28.7 Å². The summed E-state index contributed by atoms with van der Waals surface area (Å²) in [6.07, 6.45) is 1.59. The number of hydrogen-bond donors (Lipinski definition) is 2. The normalized spacial score (nSPS) is 10.7. The summed E-state index contributed by atoms with van der Waals surface area (Å²) in [5.74, 6) is 0.697. The van der Waals surface area contributed by atoms with Crippen LogP contribution >= 0.6 is 0 Å². The maximum atomic E-state index is 11.9. The van der Waals surface area contributed by atoms with Gasteiger partial charge in [-0.3, -0.25) is 0 Å². The molecular formula is C19H17N3O2. The van der Waals surface area contributed by atoms with Crippen LogP contribution in [-0.4, -0.2) is 19.4 Å². The second-order valence-corrected chi connectivity index (χ2v) is 5.09. The van der Waals surface area contributed by atoms with Gasteiger partial charge in [-0.15, -0.1) is 0 Å². The predicted molar refractivity (Wildman–Crippen MR) is 96.7 cm³/mol. The Kier molecular flexibility index (Phi) is 4.72. The van der Waals surface area contributed by atoms with Crippen molar-refractivity contribution in [1.82, 2.24) is 5.43 Å². The minimum absolute atomic E-state index is 0.406. The molecule has 3 rings (SSSR count). The highest BCUT2D eigenvalue weighted by molar-refractivity contribution is 6.02. The average Bonchev–Trinajstić information content (AvgIpc) is 2.62. The molecule has 0 aromatic heterocycles. The number of nitrogens with one attached hydrogen (secondary N) is 2. The smallest absolute Gasteiger partial charge is 0.339 e. The Balaban J connectivity index is 1.77. The summed E-state index contributed by atoms with van der Waals surface area (Å²) in [6.45, 7) is 0. The van der Waals surface area contributed by atoms with Gasteiger partial charge >= 0.3 is 6.03 Å². The number of ether oxygens (including phenoxy) is 1. The summed E-state index contributed by atoms with van der Waals surface area (Å²) in [5, 5.41) is 8.81. The molecule has 0 atom stereocenters. The third-order valence-electron chi connectivity index (χ3n) is 3.54. The highest BCUT2D eigenvalue weighted by Gasteiger charge is 2.06. The van der Waals surface area contributed by atoms with E-state index in [1.54, 1.807) is 25.5 Å². The predicted octanol–water partition coefficient (Wildman–Crippen LogP) is 4.00. The third-order valence-corrected chi connectivity index (χ3v) is 3.54. The zero-order chi connectivity index (χ0) is 16.8. The molecule has 5 nitrogen and oxygen atoms in total. The summed E-state index contributed by atoms with van der Waals surface area (Å²) < 4.78 is 5.39. The molecule has 0 bridgehead atoms. The monoisotopic (exact) mass is 319 g/mol. The molecule has 2 amide bonds. The van der Waals surface area contributed by atoms with E-state index in [0.29, 0.717) is 11.4 Å². The van der Waals surface area contributed by atoms with Crippen molar-refractivity contribution in [2.45, 2.75) is 0 Å². The molecule has 0 fully saturated rings. The fourth-order valence-corrected chi connectivity index (χ4v) is 2.42. The number of nitrogens with zero attached hydrogens (tertiary/aromatic N) is 1. The lowest BCUT2D eigenvalue weighted by Crippen LogP contribution is -2.24. The quantitative estimate of drug-likeness (QED) is 0.564. The minimum atomic E-state index is -0.406. The molecule has 24 heavy (non-hydrogen) atoms. The molecule has 0 heterocycles. The Hall–Kier alpha value is -3.34. The molecule has 0 unspecified atom stereocenters. The molecule has 3 aromatic carbocycles. The number of anilines is 1. The fourth-order valence-electron chi connectivity index (χ4n) is 2.42. The van der Waals surface area contributed by atoms with Crippen LogP contribution in [0.25, 0.3) is 10.8 Å². The molecule has 2 N–H and O–H groups in total. The lowest BCUT2D eigenvalue weighted by atomic mass is 10.0. The Bertz CT molecular complexity index is 876. The molecule has 0 aliphatic rings. The third kappa shape index (κ3) is 3.52. The van der Waals surface area contributed by atoms with Crippen LogP contribution in [-0.2, 0) is 0 Å². The van der Waals surface area contributed by atoms with Crippen LogP contribution in [0.2, 0.25) is 0 Å². The summed E-state index contributed by atoms with van der Waals surface area (Å²) >= 11 is 0. The molecule has 120 valence electrons. The molecule has 0 saturated carbocycles. The highest BCUT2D eigenvalue weighted by Crippen LogP contribution is 2.26. The summed E-state index contributed by atoms with van der Waals surface area (Å²) in [6, 6.07) is 20.6. The van der Waals surface area contributed by atoms with Gasteiger partial charge in [-0.1, -0.05) is 48.5 Å². The number of amides is 2. The number of methoxy groups -OCH3 is 1. The Labute approximate surface area is 140 Å². The average molecular weight is 319 g/mol. The SMILES string of the molecule is COc1ccc2ccccc2c1/C=N/NC(=O)Nc1ccccc1. The van der Waals surface area contributed by atoms with Crippen molar-refractivity contribution in [2.24, 2.45) is 5.10 Å². The van der Waals surface area contributed by atoms with Gasteiger partial charge in [-0.25, -0.2) is 10.2 Å². The van der Waals surface area contributed by atoms with Gasteiger partial charge in [-0.05, 0) is 29.0 Å². The van der Waals surface area contributed by atoms with Gasteiger partial charge in [0, 0.05) is 11.3 Å². The first-order valence-corrected chi connectivity index (χ1v) is 7.49. The summed E-state index contributed by atoms with van der Waals surface area (Å²) in [5.41, 5.74) is 3.98. The van der Waals surface area contributed by atoms with Crippen LogP contribution < -0.4 is 15.5 Å². The van der Waals surface area contributed by atoms with Crippen LogP contribution in [0.3, 0.4) is 0 Å². The number of benzene rings is 3. The molecule has 0 saturated heterocycles. The first kappa shape index (κ1) is 15.6. The van der Waals surface area contributed by atoms with Gasteiger partial charge in [0.25, 0.3) is 0 Å². The number of para-hydroxylation sites is 1. The van der Waals surface area contributed by atoms with E-state index >= 15 is 0 Å². The first-order valence-electron chi connectivity index (χ1n) is 7.49. The van der Waals surface area contributed by atoms with Gasteiger partial charge in [0.05, 0.1) is 13.3 Å². The second-order valence-electron chi connectivity index (χ2n) is 5.09. The summed E-state index contributed by atoms with van der Waals surface area (Å²) in [4.78, 5) is 11.9. The van der Waals surface area contributed by atoms with E-state index in [1.807, 2.05) is 54.6 Å². The number of carbonyl (C=O) groups excluding carboxylic acids is 1. The fraction of sp³-hybridized carbons (Fsp3) is 0.0526. The highest BCUT2D eigenvalue weighted by atomic mass is 16.5. The van der Waals surface area contributed by atoms with E-state index < -0.39 is 6.03 Å². The molecule has 0 aliphatic heterocycles. The Morgan fingerprint density at radius 3 is 2.54 bits per heavy atom. The maximum Gasteiger partial charge on any atom is 0.339 e. The van der Waals surface area contributed by atoms with E-state index in [0.717, 1.165) is 16.3 Å². The van der Waals surface area contributed by atoms with Crippen LogP contribution in [0.5, 0.6) is 5.75 Å². The van der Waals surface area contributed by atoms with E-state index in [2.05, 4.69) is 15.8 Å². The molecule has 3 aromatic rings. The van der Waals surface area contributed by atoms with E-state index in [9.17, 15) is 4.79 Å². The number of hydrogen-bond acceptors (Lipinski definition) is 3. The van der Waals surface area contributed by atoms with Crippen molar-refractivity contribution in [3.63, 3.8) is 0 Å². The number of urea groups is 1. The zero-order valence-corrected chi connectivity index (χ0v) is 13.2. The maximum absolute atomic E-state index is 11.9. The number of fused-ring (bicyclic) bond motifs is 1. The van der Waals surface area contributed by atoms with Gasteiger partial charge in [0.1, 0.15) is 5.75 Å². The van der Waals surface area contributed by atoms with Crippen LogP contribution in [0.1, 0.15) is 5.56 Å². The topological polar surface area (TPSA) is 62.7 Å². The number of hydrazone groups is 1. The lowest BCUT2D eigenvalue weighted by Gasteiger charge is -2.08. The van der Waals surface area contributed by atoms with Crippen molar-refractivity contribution in [3.05, 3.63) is 72.3 Å². The van der Waals surface area contributed by atoms with Crippen LogP contribution in [0.4, 0.5) is 10.5 Å². The summed E-state index contributed by atoms with van der Waals surface area (Å²) in [7, 11) is 1.61. The second kappa shape index (κ2) is 7.28. The van der Waals surface area contributed by atoms with E-state index in [1.165, 1.54) is 0 Å². The van der Waals surface area contributed by atoms with Gasteiger partial charge in [0.2, 0.25) is 0 Å². The molecule has 5 heteroatoms. The Morgan fingerprint density at radius 2 is 1.75 bits per heavy atom. The first-order chi connectivity index (χ1) is 11.8. The Morgan fingerprint density at radius 1 is 1.00 bits per heavy atom. The van der Waals surface area contributed by atoms with Crippen molar-refractivity contribution < 1.29 is 9.53 Å². The van der Waals surface area contributed by atoms with Gasteiger partial charge in [0.15, 0.2) is 0 Å². The standard InChI is InChI=1S/C19H17N3O2/c1-24-18-12-11-14-7-5-6-10-16(14)17(18)13-20-22-19(23)21-15-8-3-2-4-9-15/h2-13H,1H3,(H2,21,22,23)/b20-13+. The van der Waals surface area contributed by atoms with Crippen molar-refractivity contribution in [2.75, 3.05) is 12.4 Å². The molecular weight excluding hydrogens is 302 g/mol. The van der Waals surface area contributed by atoms with Gasteiger partial charge in [-0.2, -0.15) is 5.10 Å². The van der Waals surface area contributed by atoms with Crippen LogP contribution in [0.15, 0.2) is 71.8 Å². The van der Waals surface area contributed by atoms with E-state index in [-0.39, 0.29) is 0 Å². The number of carbonyl (C=O) groups is 1. The van der Waals surface area contributed by atoms with Crippen LogP contribution in [0, 0.1) is 0 Å².